The lowest BCUT2D eigenvalue weighted by molar-refractivity contribution is -0.255. The highest BCUT2D eigenvalue weighted by Crippen LogP contribution is 2.41. The first kappa shape index (κ1) is 34.0. The highest BCUT2D eigenvalue weighted by molar-refractivity contribution is 5.91. The van der Waals surface area contributed by atoms with E-state index in [0.29, 0.717) is 23.3 Å². The monoisotopic (exact) mass is 616 g/mol. The molecule has 238 valence electrons. The first-order valence-electron chi connectivity index (χ1n) is 13.6. The first-order chi connectivity index (χ1) is 21.0. The number of carbonyl (C=O) groups is 5. The molecule has 2 aromatic rings. The Balaban J connectivity index is 2.10. The van der Waals surface area contributed by atoms with E-state index in [1.807, 2.05) is 0 Å². The van der Waals surface area contributed by atoms with E-state index in [0.717, 1.165) is 25.0 Å². The number of hydrogen-bond donors (Lipinski definition) is 0. The molecule has 0 bridgehead atoms. The molecule has 13 heteroatoms. The van der Waals surface area contributed by atoms with Crippen LogP contribution in [-0.4, -0.2) is 88.8 Å². The summed E-state index contributed by atoms with van der Waals surface area (Å²) in [5.41, 5.74) is 2.29. The Hall–Kier alpha value is -4.49. The summed E-state index contributed by atoms with van der Waals surface area (Å²) in [4.78, 5) is 61.0. The standard InChI is InChI=1S/C31H36O13/c1-17(32)40-15-25-28(41-18(2)33)30(44-26(35)16-37-4)29(42-19(3)34)27(43-25)23-12-11-20(14-24(23)38-5)13-21-9-7-8-10-22(21)31(36)39-6/h7-12,14,25,27-30H,13,15-16H2,1-6H3/t25-,27+,28+,29+,30+/m1/s1. The summed E-state index contributed by atoms with van der Waals surface area (Å²) >= 11 is 0. The zero-order valence-electron chi connectivity index (χ0n) is 25.4. The Morgan fingerprint density at radius 3 is 2.09 bits per heavy atom. The van der Waals surface area contributed by atoms with E-state index in [9.17, 15) is 24.0 Å². The summed E-state index contributed by atoms with van der Waals surface area (Å²) in [5.74, 6) is -3.08. The molecule has 13 nitrogen and oxygen atoms in total. The number of hydrogen-bond acceptors (Lipinski definition) is 13. The molecule has 3 rings (SSSR count). The average Bonchev–Trinajstić information content (AvgIpc) is 2.97. The lowest BCUT2D eigenvalue weighted by Gasteiger charge is -2.44. The fraction of sp³-hybridized carbons (Fsp3) is 0.452. The number of rotatable bonds is 12. The van der Waals surface area contributed by atoms with Crippen LogP contribution in [0.5, 0.6) is 5.75 Å². The summed E-state index contributed by atoms with van der Waals surface area (Å²) in [6, 6.07) is 12.2. The summed E-state index contributed by atoms with van der Waals surface area (Å²) in [7, 11) is 4.03. The van der Waals surface area contributed by atoms with Crippen molar-refractivity contribution in [1.29, 1.82) is 0 Å². The maximum atomic E-state index is 12.6. The van der Waals surface area contributed by atoms with Crippen molar-refractivity contribution in [3.63, 3.8) is 0 Å². The third-order valence-corrected chi connectivity index (χ3v) is 6.64. The number of esters is 5. The van der Waals surface area contributed by atoms with Gasteiger partial charge in [-0.05, 0) is 29.7 Å². The van der Waals surface area contributed by atoms with Crippen molar-refractivity contribution in [3.05, 3.63) is 64.7 Å². The predicted molar refractivity (Wildman–Crippen MR) is 151 cm³/mol. The zero-order valence-corrected chi connectivity index (χ0v) is 25.4. The fourth-order valence-electron chi connectivity index (χ4n) is 4.89. The lowest BCUT2D eigenvalue weighted by Crippen LogP contribution is -2.59. The van der Waals surface area contributed by atoms with E-state index >= 15 is 0 Å². The van der Waals surface area contributed by atoms with Crippen LogP contribution in [-0.2, 0) is 58.8 Å². The van der Waals surface area contributed by atoms with Gasteiger partial charge in [0.1, 0.15) is 31.2 Å². The zero-order chi connectivity index (χ0) is 32.4. The molecule has 0 N–H and O–H groups in total. The highest BCUT2D eigenvalue weighted by Gasteiger charge is 2.53. The molecule has 1 fully saturated rings. The summed E-state index contributed by atoms with van der Waals surface area (Å²) in [6.07, 6.45) is -5.98. The average molecular weight is 617 g/mol. The van der Waals surface area contributed by atoms with Crippen LogP contribution >= 0.6 is 0 Å². The second kappa shape index (κ2) is 15.8. The van der Waals surface area contributed by atoms with Crippen molar-refractivity contribution < 1.29 is 61.9 Å². The van der Waals surface area contributed by atoms with E-state index in [1.54, 1.807) is 42.5 Å². The van der Waals surface area contributed by atoms with Crippen molar-refractivity contribution in [2.24, 2.45) is 0 Å². The SMILES string of the molecule is COCC(=O)O[C@H]1[C@@H](OC(C)=O)[C@@H](COC(C)=O)O[C@@H](c2ccc(Cc3ccccc3C(=O)OC)cc2OC)[C@@H]1OC(C)=O. The van der Waals surface area contributed by atoms with Crippen molar-refractivity contribution >= 4 is 29.8 Å². The van der Waals surface area contributed by atoms with Gasteiger partial charge in [0.25, 0.3) is 0 Å². The molecule has 2 aromatic carbocycles. The van der Waals surface area contributed by atoms with Crippen molar-refractivity contribution in [3.8, 4) is 5.75 Å². The largest absolute Gasteiger partial charge is 0.496 e. The van der Waals surface area contributed by atoms with Crippen LogP contribution in [0.15, 0.2) is 42.5 Å². The highest BCUT2D eigenvalue weighted by atomic mass is 16.7. The lowest BCUT2D eigenvalue weighted by atomic mass is 9.89. The molecule has 5 atom stereocenters. The minimum absolute atomic E-state index is 0.319. The van der Waals surface area contributed by atoms with Gasteiger partial charge in [-0.15, -0.1) is 0 Å². The summed E-state index contributed by atoms with van der Waals surface area (Å²) in [6.45, 7) is 2.68. The Morgan fingerprint density at radius 2 is 1.48 bits per heavy atom. The van der Waals surface area contributed by atoms with Gasteiger partial charge < -0.3 is 37.9 Å². The van der Waals surface area contributed by atoms with Crippen LogP contribution < -0.4 is 4.74 Å². The van der Waals surface area contributed by atoms with Gasteiger partial charge in [-0.3, -0.25) is 14.4 Å². The van der Waals surface area contributed by atoms with E-state index in [-0.39, 0.29) is 6.61 Å². The molecule has 0 amide bonds. The van der Waals surface area contributed by atoms with Crippen LogP contribution in [0, 0.1) is 0 Å². The minimum atomic E-state index is -1.39. The third-order valence-electron chi connectivity index (χ3n) is 6.64. The molecule has 44 heavy (non-hydrogen) atoms. The number of ether oxygens (including phenoxy) is 8. The maximum Gasteiger partial charge on any atom is 0.338 e. The van der Waals surface area contributed by atoms with E-state index in [2.05, 4.69) is 0 Å². The molecule has 1 aliphatic rings. The van der Waals surface area contributed by atoms with Crippen LogP contribution in [0.1, 0.15) is 53.9 Å². The molecule has 1 saturated heterocycles. The molecule has 0 unspecified atom stereocenters. The van der Waals surface area contributed by atoms with Gasteiger partial charge in [-0.25, -0.2) is 9.59 Å². The Morgan fingerprint density at radius 1 is 0.795 bits per heavy atom. The first-order valence-corrected chi connectivity index (χ1v) is 13.6. The van der Waals surface area contributed by atoms with Crippen LogP contribution in [0.25, 0.3) is 0 Å². The predicted octanol–water partition coefficient (Wildman–Crippen LogP) is 2.50. The van der Waals surface area contributed by atoms with E-state index in [4.69, 9.17) is 37.9 Å². The molecule has 0 spiro atoms. The molecule has 0 saturated carbocycles. The summed E-state index contributed by atoms with van der Waals surface area (Å²) < 4.78 is 43.7. The van der Waals surface area contributed by atoms with E-state index in [1.165, 1.54) is 28.3 Å². The Labute approximate surface area is 254 Å². The Bertz CT molecular complexity index is 1350. The molecule has 0 aliphatic carbocycles. The number of methoxy groups -OCH3 is 3. The fourth-order valence-corrected chi connectivity index (χ4v) is 4.89. The van der Waals surface area contributed by atoms with Gasteiger partial charge in [-0.1, -0.05) is 30.3 Å². The van der Waals surface area contributed by atoms with Crippen LogP contribution in [0.3, 0.4) is 0 Å². The Kier molecular flexibility index (Phi) is 12.2. The number of benzene rings is 2. The van der Waals surface area contributed by atoms with Crippen molar-refractivity contribution in [2.75, 3.05) is 34.5 Å². The smallest absolute Gasteiger partial charge is 0.338 e. The molecular weight excluding hydrogens is 580 g/mol. The van der Waals surface area contributed by atoms with E-state index < -0.39 is 67.0 Å². The summed E-state index contributed by atoms with van der Waals surface area (Å²) in [5, 5.41) is 0. The molecule has 0 radical (unpaired) electrons. The second-order valence-electron chi connectivity index (χ2n) is 9.84. The normalized spacial score (nSPS) is 21.0. The number of carbonyl (C=O) groups excluding carboxylic acids is 5. The van der Waals surface area contributed by atoms with Crippen LogP contribution in [0.2, 0.25) is 0 Å². The van der Waals surface area contributed by atoms with Gasteiger partial charge in [0, 0.05) is 33.4 Å². The molecular formula is C31H36O13. The van der Waals surface area contributed by atoms with Gasteiger partial charge in [0.2, 0.25) is 0 Å². The maximum absolute atomic E-state index is 12.6. The topological polar surface area (TPSA) is 159 Å². The quantitative estimate of drug-likeness (QED) is 0.253. The third kappa shape index (κ3) is 8.77. The van der Waals surface area contributed by atoms with Gasteiger partial charge in [-0.2, -0.15) is 0 Å². The van der Waals surface area contributed by atoms with Crippen molar-refractivity contribution in [2.45, 2.75) is 57.7 Å². The molecule has 1 heterocycles. The molecule has 1 aliphatic heterocycles. The minimum Gasteiger partial charge on any atom is -0.496 e. The second-order valence-corrected chi connectivity index (χ2v) is 9.84. The van der Waals surface area contributed by atoms with Crippen molar-refractivity contribution in [1.82, 2.24) is 0 Å². The van der Waals surface area contributed by atoms with Crippen LogP contribution in [0.4, 0.5) is 0 Å². The van der Waals surface area contributed by atoms with Gasteiger partial charge in [0.15, 0.2) is 18.3 Å². The molecule has 0 aromatic heterocycles. The van der Waals surface area contributed by atoms with Gasteiger partial charge >= 0.3 is 29.8 Å². The van der Waals surface area contributed by atoms with Gasteiger partial charge in [0.05, 0.1) is 19.8 Å².